The van der Waals surface area contributed by atoms with E-state index in [1.165, 1.54) is 9.36 Å². The van der Waals surface area contributed by atoms with Crippen molar-refractivity contribution in [1.82, 2.24) is 19.6 Å². The van der Waals surface area contributed by atoms with E-state index in [4.69, 9.17) is 9.47 Å². The second kappa shape index (κ2) is 12.1. The molecular formula is C32H33BrN4O4. The van der Waals surface area contributed by atoms with Gasteiger partial charge in [-0.05, 0) is 78.2 Å². The molecule has 9 heteroatoms. The highest BCUT2D eigenvalue weighted by molar-refractivity contribution is 9.10. The molecule has 212 valence electrons. The SMILES string of the molecule is CCCCOc1c(Br)cc(C(c2c(C)[nH]n(-c3ccccc3)c2=O)c2c(C)[nH]n(-c3ccccc3)c2=O)cc1OC. The zero-order chi connectivity index (χ0) is 29.1. The molecule has 0 unspecified atom stereocenters. The lowest BCUT2D eigenvalue weighted by atomic mass is 9.85. The molecule has 0 bridgehead atoms. The van der Waals surface area contributed by atoms with Gasteiger partial charge in [0.1, 0.15) is 0 Å². The molecule has 5 aromatic rings. The first-order chi connectivity index (χ1) is 19.8. The second-order valence-corrected chi connectivity index (χ2v) is 10.8. The molecule has 2 aromatic heterocycles. The maximum absolute atomic E-state index is 14.1. The lowest BCUT2D eigenvalue weighted by molar-refractivity contribution is 0.286. The third kappa shape index (κ3) is 5.41. The summed E-state index contributed by atoms with van der Waals surface area (Å²) in [5.74, 6) is 0.402. The molecule has 0 fully saturated rings. The Hall–Kier alpha value is -4.24. The molecule has 0 spiro atoms. The third-order valence-corrected chi connectivity index (χ3v) is 7.76. The van der Waals surface area contributed by atoms with Crippen LogP contribution in [0.15, 0.2) is 86.9 Å². The molecule has 0 radical (unpaired) electrons. The maximum atomic E-state index is 14.1. The normalized spacial score (nSPS) is 11.3. The first-order valence-electron chi connectivity index (χ1n) is 13.6. The number of aryl methyl sites for hydroxylation is 2. The summed E-state index contributed by atoms with van der Waals surface area (Å²) in [7, 11) is 1.58. The van der Waals surface area contributed by atoms with Gasteiger partial charge < -0.3 is 9.47 Å². The topological polar surface area (TPSA) is 94.0 Å². The highest BCUT2D eigenvalue weighted by atomic mass is 79.9. The zero-order valence-corrected chi connectivity index (χ0v) is 25.1. The standard InChI is InChI=1S/C32H33BrN4O4/c1-5-6-17-41-30-25(33)18-22(19-26(30)40-4)29(27-20(2)34-36(31(27)38)23-13-9-7-10-14-23)28-21(3)35-37(32(28)39)24-15-11-8-12-16-24/h7-16,18-19,29,34-35H,5-6,17H2,1-4H3. The van der Waals surface area contributed by atoms with E-state index in [1.54, 1.807) is 7.11 Å². The molecule has 0 aliphatic rings. The number of aromatic amines is 2. The summed E-state index contributed by atoms with van der Waals surface area (Å²) in [6, 6.07) is 22.5. The number of halogens is 1. The van der Waals surface area contributed by atoms with Gasteiger partial charge in [0.2, 0.25) is 0 Å². The van der Waals surface area contributed by atoms with E-state index in [1.807, 2.05) is 86.6 Å². The molecule has 0 atom stereocenters. The van der Waals surface area contributed by atoms with Gasteiger partial charge in [0.15, 0.2) is 11.5 Å². The van der Waals surface area contributed by atoms with Crippen molar-refractivity contribution in [3.63, 3.8) is 0 Å². The lowest BCUT2D eigenvalue weighted by Crippen LogP contribution is -2.25. The van der Waals surface area contributed by atoms with Gasteiger partial charge in [0, 0.05) is 17.3 Å². The molecule has 0 saturated heterocycles. The molecule has 3 aromatic carbocycles. The number of hydrogen-bond acceptors (Lipinski definition) is 4. The number of para-hydroxylation sites is 2. The molecule has 0 amide bonds. The van der Waals surface area contributed by atoms with Crippen LogP contribution in [0.2, 0.25) is 0 Å². The quantitative estimate of drug-likeness (QED) is 0.178. The van der Waals surface area contributed by atoms with Crippen LogP contribution in [0.4, 0.5) is 0 Å². The zero-order valence-electron chi connectivity index (χ0n) is 23.5. The number of nitrogens with one attached hydrogen (secondary N) is 2. The van der Waals surface area contributed by atoms with Crippen molar-refractivity contribution in [1.29, 1.82) is 0 Å². The number of nitrogens with zero attached hydrogens (tertiary/aromatic N) is 2. The average Bonchev–Trinajstić information content (AvgIpc) is 3.45. The number of rotatable bonds is 10. The number of methoxy groups -OCH3 is 1. The fraction of sp³-hybridized carbons (Fsp3) is 0.250. The van der Waals surface area contributed by atoms with Crippen LogP contribution < -0.4 is 20.6 Å². The summed E-state index contributed by atoms with van der Waals surface area (Å²) >= 11 is 3.67. The number of benzene rings is 3. The number of aromatic nitrogens is 4. The first-order valence-corrected chi connectivity index (χ1v) is 14.4. The van der Waals surface area contributed by atoms with E-state index in [9.17, 15) is 9.59 Å². The Morgan fingerprint density at radius 3 is 1.80 bits per heavy atom. The van der Waals surface area contributed by atoms with Crippen molar-refractivity contribution in [2.24, 2.45) is 0 Å². The van der Waals surface area contributed by atoms with E-state index in [0.717, 1.165) is 18.4 Å². The van der Waals surface area contributed by atoms with Crippen molar-refractivity contribution in [2.75, 3.05) is 13.7 Å². The van der Waals surface area contributed by atoms with Crippen molar-refractivity contribution >= 4 is 15.9 Å². The van der Waals surface area contributed by atoms with Crippen LogP contribution in [-0.2, 0) is 0 Å². The summed E-state index contributed by atoms with van der Waals surface area (Å²) in [5.41, 5.74) is 3.93. The highest BCUT2D eigenvalue weighted by Crippen LogP contribution is 2.42. The van der Waals surface area contributed by atoms with E-state index >= 15 is 0 Å². The summed E-state index contributed by atoms with van der Waals surface area (Å²) in [6.07, 6.45) is 1.91. The monoisotopic (exact) mass is 616 g/mol. The van der Waals surface area contributed by atoms with E-state index < -0.39 is 5.92 Å². The summed E-state index contributed by atoms with van der Waals surface area (Å²) in [6.45, 7) is 6.36. The minimum Gasteiger partial charge on any atom is -0.493 e. The molecule has 0 saturated carbocycles. The number of unbranched alkanes of at least 4 members (excludes halogenated alkanes) is 1. The second-order valence-electron chi connectivity index (χ2n) is 9.92. The molecule has 5 rings (SSSR count). The van der Waals surface area contributed by atoms with Crippen molar-refractivity contribution in [3.8, 4) is 22.9 Å². The van der Waals surface area contributed by atoms with Gasteiger partial charge in [0.05, 0.1) is 40.7 Å². The molecule has 0 aliphatic heterocycles. The van der Waals surface area contributed by atoms with Crippen LogP contribution in [0.5, 0.6) is 11.5 Å². The van der Waals surface area contributed by atoms with E-state index in [0.29, 0.717) is 56.5 Å². The Kier molecular flexibility index (Phi) is 8.35. The van der Waals surface area contributed by atoms with Gasteiger partial charge >= 0.3 is 0 Å². The minimum absolute atomic E-state index is 0.233. The predicted octanol–water partition coefficient (Wildman–Crippen LogP) is 6.39. The molecule has 2 heterocycles. The molecule has 0 aliphatic carbocycles. The Morgan fingerprint density at radius 2 is 1.34 bits per heavy atom. The molecular weight excluding hydrogens is 584 g/mol. The highest BCUT2D eigenvalue weighted by Gasteiger charge is 2.32. The number of hydrogen-bond donors (Lipinski definition) is 2. The smallest absolute Gasteiger partial charge is 0.275 e. The Balaban J connectivity index is 1.76. The third-order valence-electron chi connectivity index (χ3n) is 7.17. The average molecular weight is 618 g/mol. The fourth-order valence-corrected chi connectivity index (χ4v) is 5.73. The minimum atomic E-state index is -0.702. The molecule has 2 N–H and O–H groups in total. The van der Waals surface area contributed by atoms with Gasteiger partial charge in [0.25, 0.3) is 11.1 Å². The van der Waals surface area contributed by atoms with Crippen LogP contribution in [0.1, 0.15) is 53.8 Å². The van der Waals surface area contributed by atoms with Crippen LogP contribution in [0.25, 0.3) is 11.4 Å². The lowest BCUT2D eigenvalue weighted by Gasteiger charge is -2.20. The summed E-state index contributed by atoms with van der Waals surface area (Å²) < 4.78 is 15.5. The van der Waals surface area contributed by atoms with Gasteiger partial charge in [-0.3, -0.25) is 19.8 Å². The summed E-state index contributed by atoms with van der Waals surface area (Å²) in [5, 5.41) is 6.47. The van der Waals surface area contributed by atoms with E-state index in [-0.39, 0.29) is 11.1 Å². The fourth-order valence-electron chi connectivity index (χ4n) is 5.16. The van der Waals surface area contributed by atoms with Crippen molar-refractivity contribution < 1.29 is 9.47 Å². The maximum Gasteiger partial charge on any atom is 0.275 e. The van der Waals surface area contributed by atoms with Crippen LogP contribution in [0, 0.1) is 13.8 Å². The van der Waals surface area contributed by atoms with Crippen LogP contribution in [0.3, 0.4) is 0 Å². The number of H-pyrrole nitrogens is 2. The first kappa shape index (κ1) is 28.3. The van der Waals surface area contributed by atoms with E-state index in [2.05, 4.69) is 33.1 Å². The van der Waals surface area contributed by atoms with Crippen LogP contribution in [-0.4, -0.2) is 33.3 Å². The summed E-state index contributed by atoms with van der Waals surface area (Å²) in [4.78, 5) is 28.2. The van der Waals surface area contributed by atoms with Gasteiger partial charge in [-0.1, -0.05) is 49.7 Å². The molecule has 8 nitrogen and oxygen atoms in total. The Morgan fingerprint density at radius 1 is 0.829 bits per heavy atom. The van der Waals surface area contributed by atoms with Crippen LogP contribution >= 0.6 is 15.9 Å². The Labute approximate surface area is 246 Å². The van der Waals surface area contributed by atoms with Crippen molar-refractivity contribution in [3.05, 3.63) is 126 Å². The Bertz CT molecular complexity index is 1670. The van der Waals surface area contributed by atoms with Gasteiger partial charge in [-0.25, -0.2) is 9.36 Å². The number of ether oxygens (including phenoxy) is 2. The van der Waals surface area contributed by atoms with Gasteiger partial charge in [-0.2, -0.15) is 0 Å². The largest absolute Gasteiger partial charge is 0.493 e. The molecule has 41 heavy (non-hydrogen) atoms. The van der Waals surface area contributed by atoms with Gasteiger partial charge in [-0.15, -0.1) is 0 Å². The van der Waals surface area contributed by atoms with Crippen molar-refractivity contribution in [2.45, 2.75) is 39.5 Å². The predicted molar refractivity (Wildman–Crippen MR) is 164 cm³/mol.